The average Bonchev–Trinajstić information content (AvgIpc) is 3.64. The standard InChI is InChI=1S/C50H62Si/c1-13-35(11)43-25-45-41(17-15-39(29(3)4)49(45)37-21-31(7)19-32(8)22-37)47(43)27-51-28-48-42-18-16-40(30(5)6)50(38-23-33(9)20-34(10)24-38)46(42)26-44(48)36(12)14-2/h15-26,29-30,35-36,47-48H,13-14,27-28H2,1-12H3. The van der Waals surface area contributed by atoms with E-state index in [4.69, 9.17) is 0 Å². The molecule has 4 unspecified atom stereocenters. The number of fused-ring (bicyclic) bond motifs is 2. The van der Waals surface area contributed by atoms with Crippen LogP contribution < -0.4 is 0 Å². The van der Waals surface area contributed by atoms with Gasteiger partial charge in [0, 0.05) is 21.4 Å². The van der Waals surface area contributed by atoms with Crippen LogP contribution in [0.1, 0.15) is 148 Å². The van der Waals surface area contributed by atoms with Gasteiger partial charge in [-0.3, -0.25) is 0 Å². The molecule has 0 saturated carbocycles. The molecular formula is C50H62Si. The second kappa shape index (κ2) is 15.3. The maximum Gasteiger partial charge on any atom is 0.0397 e. The summed E-state index contributed by atoms with van der Waals surface area (Å²) in [5, 5.41) is 0. The fourth-order valence-corrected chi connectivity index (χ4v) is 10.9. The van der Waals surface area contributed by atoms with Crippen molar-refractivity contribution in [1.29, 1.82) is 0 Å². The Labute approximate surface area is 313 Å². The molecule has 2 aliphatic carbocycles. The summed E-state index contributed by atoms with van der Waals surface area (Å²) >= 11 is 0. The molecule has 0 N–H and O–H groups in total. The molecule has 0 saturated heterocycles. The SMILES string of the molecule is CCC(C)C1=Cc2c(ccc(C(C)C)c2-c2cc(C)cc(C)c2)C1C[Si]CC1C(C(C)CC)=Cc2c1ccc(C(C)C)c2-c1cc(C)cc(C)c1. The van der Waals surface area contributed by atoms with Gasteiger partial charge < -0.3 is 0 Å². The monoisotopic (exact) mass is 690 g/mol. The van der Waals surface area contributed by atoms with Crippen molar-refractivity contribution >= 4 is 21.7 Å². The molecule has 4 aromatic rings. The van der Waals surface area contributed by atoms with E-state index in [0.29, 0.717) is 35.5 Å². The molecule has 4 atom stereocenters. The van der Waals surface area contributed by atoms with Crippen LogP contribution in [0, 0.1) is 39.5 Å². The number of benzene rings is 4. The Kier molecular flexibility index (Phi) is 11.2. The lowest BCUT2D eigenvalue weighted by Gasteiger charge is -2.25. The molecule has 266 valence electrons. The van der Waals surface area contributed by atoms with E-state index in [9.17, 15) is 0 Å². The van der Waals surface area contributed by atoms with E-state index < -0.39 is 0 Å². The molecule has 0 aromatic heterocycles. The predicted molar refractivity (Wildman–Crippen MR) is 227 cm³/mol. The molecule has 0 nitrogen and oxygen atoms in total. The summed E-state index contributed by atoms with van der Waals surface area (Å²) < 4.78 is 0. The summed E-state index contributed by atoms with van der Waals surface area (Å²) in [5.74, 6) is 3.13. The topological polar surface area (TPSA) is 0 Å². The molecule has 0 heterocycles. The summed E-state index contributed by atoms with van der Waals surface area (Å²) in [5.41, 5.74) is 23.6. The minimum absolute atomic E-state index is 0.477. The lowest BCUT2D eigenvalue weighted by atomic mass is 9.84. The molecule has 0 aliphatic heterocycles. The van der Waals surface area contributed by atoms with Crippen molar-refractivity contribution in [1.82, 2.24) is 0 Å². The van der Waals surface area contributed by atoms with Crippen molar-refractivity contribution in [3.63, 3.8) is 0 Å². The van der Waals surface area contributed by atoms with Crippen LogP contribution in [0.15, 0.2) is 71.8 Å². The lowest BCUT2D eigenvalue weighted by Crippen LogP contribution is -2.13. The summed E-state index contributed by atoms with van der Waals surface area (Å²) in [6.45, 7) is 28.1. The molecule has 0 spiro atoms. The Morgan fingerprint density at radius 2 is 0.863 bits per heavy atom. The fraction of sp³-hybridized carbons (Fsp3) is 0.440. The van der Waals surface area contributed by atoms with Crippen LogP contribution >= 0.6 is 0 Å². The third kappa shape index (κ3) is 7.30. The second-order valence-electron chi connectivity index (χ2n) is 16.8. The van der Waals surface area contributed by atoms with E-state index in [2.05, 4.69) is 156 Å². The zero-order valence-corrected chi connectivity index (χ0v) is 34.7. The number of aryl methyl sites for hydroxylation is 4. The summed E-state index contributed by atoms with van der Waals surface area (Å²) in [6, 6.07) is 26.7. The van der Waals surface area contributed by atoms with Crippen LogP contribution in [-0.2, 0) is 0 Å². The van der Waals surface area contributed by atoms with Gasteiger partial charge in [-0.15, -0.1) is 0 Å². The van der Waals surface area contributed by atoms with Crippen molar-refractivity contribution in [2.45, 2.75) is 132 Å². The zero-order valence-electron chi connectivity index (χ0n) is 33.7. The smallest absolute Gasteiger partial charge is 0.0397 e. The van der Waals surface area contributed by atoms with E-state index in [0.717, 1.165) is 9.52 Å². The van der Waals surface area contributed by atoms with Gasteiger partial charge in [0.15, 0.2) is 0 Å². The van der Waals surface area contributed by atoms with Gasteiger partial charge in [-0.05, 0) is 120 Å². The Hall–Kier alpha value is -3.42. The molecule has 1 heteroatoms. The van der Waals surface area contributed by atoms with Gasteiger partial charge in [0.1, 0.15) is 0 Å². The minimum Gasteiger partial charge on any atom is -0.0648 e. The van der Waals surface area contributed by atoms with Gasteiger partial charge in [-0.25, -0.2) is 0 Å². The van der Waals surface area contributed by atoms with Gasteiger partial charge in [-0.2, -0.15) is 0 Å². The zero-order chi connectivity index (χ0) is 36.7. The average molecular weight is 691 g/mol. The van der Waals surface area contributed by atoms with E-state index in [1.165, 1.54) is 91.7 Å². The summed E-state index contributed by atoms with van der Waals surface area (Å²) in [4.78, 5) is 0. The van der Waals surface area contributed by atoms with Crippen molar-refractivity contribution in [2.24, 2.45) is 11.8 Å². The quantitative estimate of drug-likeness (QED) is 0.130. The lowest BCUT2D eigenvalue weighted by molar-refractivity contribution is 0.609. The molecule has 51 heavy (non-hydrogen) atoms. The highest BCUT2D eigenvalue weighted by Gasteiger charge is 2.34. The van der Waals surface area contributed by atoms with E-state index in [1.807, 2.05) is 0 Å². The van der Waals surface area contributed by atoms with Gasteiger partial charge in [-0.1, -0.05) is 174 Å². The highest BCUT2D eigenvalue weighted by Crippen LogP contribution is 2.51. The van der Waals surface area contributed by atoms with E-state index in [1.54, 1.807) is 22.3 Å². The van der Waals surface area contributed by atoms with Gasteiger partial charge in [0.2, 0.25) is 0 Å². The highest BCUT2D eigenvalue weighted by atomic mass is 28.2. The van der Waals surface area contributed by atoms with E-state index >= 15 is 0 Å². The summed E-state index contributed by atoms with van der Waals surface area (Å²) in [7, 11) is 0.907. The minimum atomic E-state index is 0.477. The molecule has 4 aromatic carbocycles. The third-order valence-electron chi connectivity index (χ3n) is 12.1. The molecular weight excluding hydrogens is 629 g/mol. The van der Waals surface area contributed by atoms with Crippen molar-refractivity contribution < 1.29 is 0 Å². The first-order chi connectivity index (χ1) is 24.3. The molecule has 6 rings (SSSR count). The first-order valence-electron chi connectivity index (χ1n) is 20.0. The molecule has 2 radical (unpaired) electrons. The van der Waals surface area contributed by atoms with Gasteiger partial charge >= 0.3 is 0 Å². The van der Waals surface area contributed by atoms with Crippen molar-refractivity contribution in [3.05, 3.63) is 127 Å². The van der Waals surface area contributed by atoms with Crippen LogP contribution in [0.4, 0.5) is 0 Å². The van der Waals surface area contributed by atoms with Crippen molar-refractivity contribution in [3.8, 4) is 22.3 Å². The Morgan fingerprint density at radius 3 is 1.18 bits per heavy atom. The maximum atomic E-state index is 2.64. The molecule has 0 bridgehead atoms. The first kappa shape index (κ1) is 37.3. The number of hydrogen-bond donors (Lipinski definition) is 0. The van der Waals surface area contributed by atoms with Crippen LogP contribution in [0.5, 0.6) is 0 Å². The Bertz CT molecular complexity index is 1800. The van der Waals surface area contributed by atoms with Crippen LogP contribution in [0.25, 0.3) is 34.4 Å². The fourth-order valence-electron chi connectivity index (χ4n) is 9.23. The molecule has 2 aliphatic rings. The number of allylic oxidation sites excluding steroid dienone is 2. The number of rotatable bonds is 12. The van der Waals surface area contributed by atoms with Gasteiger partial charge in [0.25, 0.3) is 0 Å². The summed E-state index contributed by atoms with van der Waals surface area (Å²) in [6.07, 6.45) is 7.64. The molecule has 0 amide bonds. The largest absolute Gasteiger partial charge is 0.0648 e. The second-order valence-corrected chi connectivity index (χ2v) is 18.1. The number of hydrogen-bond acceptors (Lipinski definition) is 0. The predicted octanol–water partition coefficient (Wildman–Crippen LogP) is 14.8. The van der Waals surface area contributed by atoms with Crippen LogP contribution in [0.3, 0.4) is 0 Å². The Morgan fingerprint density at radius 1 is 0.510 bits per heavy atom. The Balaban J connectivity index is 1.38. The van der Waals surface area contributed by atoms with Crippen LogP contribution in [-0.4, -0.2) is 9.52 Å². The first-order valence-corrected chi connectivity index (χ1v) is 21.4. The molecule has 0 fully saturated rings. The normalized spacial score (nSPS) is 17.8. The maximum absolute atomic E-state index is 2.64. The van der Waals surface area contributed by atoms with Gasteiger partial charge in [0.05, 0.1) is 0 Å². The van der Waals surface area contributed by atoms with Crippen LogP contribution in [0.2, 0.25) is 12.1 Å². The van der Waals surface area contributed by atoms with E-state index in [-0.39, 0.29) is 0 Å². The highest BCUT2D eigenvalue weighted by molar-refractivity contribution is 6.36. The third-order valence-corrected chi connectivity index (χ3v) is 13.5. The van der Waals surface area contributed by atoms with Crippen molar-refractivity contribution in [2.75, 3.05) is 0 Å².